The third-order valence-corrected chi connectivity index (χ3v) is 3.44. The first kappa shape index (κ1) is 10.7. The second-order valence-electron chi connectivity index (χ2n) is 4.60. The SMILES string of the molecule is CCC(C)c1nnc2n1CCCCCC2. The normalized spacial score (nSPS) is 19.1. The second-order valence-corrected chi connectivity index (χ2v) is 4.60. The van der Waals surface area contributed by atoms with Gasteiger partial charge in [-0.15, -0.1) is 10.2 Å². The number of fused-ring (bicyclic) bond motifs is 1. The van der Waals surface area contributed by atoms with Crippen LogP contribution in [0, 0.1) is 0 Å². The van der Waals surface area contributed by atoms with E-state index in [1.54, 1.807) is 0 Å². The van der Waals surface area contributed by atoms with Crippen LogP contribution in [0.25, 0.3) is 0 Å². The number of rotatable bonds is 2. The van der Waals surface area contributed by atoms with E-state index in [-0.39, 0.29) is 0 Å². The van der Waals surface area contributed by atoms with E-state index >= 15 is 0 Å². The zero-order valence-corrected chi connectivity index (χ0v) is 9.87. The third-order valence-electron chi connectivity index (χ3n) is 3.44. The zero-order valence-electron chi connectivity index (χ0n) is 9.87. The third kappa shape index (κ3) is 2.21. The second kappa shape index (κ2) is 4.77. The first-order valence-electron chi connectivity index (χ1n) is 6.25. The minimum absolute atomic E-state index is 0.547. The number of aryl methyl sites for hydroxylation is 1. The molecule has 0 saturated heterocycles. The molecular formula is C12H21N3. The highest BCUT2D eigenvalue weighted by molar-refractivity contribution is 5.01. The van der Waals surface area contributed by atoms with E-state index in [1.165, 1.54) is 37.3 Å². The Bertz CT molecular complexity index is 317. The van der Waals surface area contributed by atoms with Gasteiger partial charge in [-0.25, -0.2) is 0 Å². The first-order valence-corrected chi connectivity index (χ1v) is 6.25. The minimum Gasteiger partial charge on any atom is -0.315 e. The molecule has 0 radical (unpaired) electrons. The van der Waals surface area contributed by atoms with Crippen molar-refractivity contribution in [2.45, 2.75) is 64.8 Å². The highest BCUT2D eigenvalue weighted by atomic mass is 15.3. The molecule has 0 spiro atoms. The molecule has 0 aliphatic carbocycles. The van der Waals surface area contributed by atoms with Crippen LogP contribution in [0.5, 0.6) is 0 Å². The van der Waals surface area contributed by atoms with Crippen LogP contribution in [-0.2, 0) is 13.0 Å². The smallest absolute Gasteiger partial charge is 0.135 e. The zero-order chi connectivity index (χ0) is 10.7. The van der Waals surface area contributed by atoms with Crippen molar-refractivity contribution in [1.82, 2.24) is 14.8 Å². The number of hydrogen-bond acceptors (Lipinski definition) is 2. The fraction of sp³-hybridized carbons (Fsp3) is 0.833. The molecule has 1 aromatic heterocycles. The molecule has 1 aromatic rings. The summed E-state index contributed by atoms with van der Waals surface area (Å²) in [4.78, 5) is 0. The Morgan fingerprint density at radius 3 is 2.80 bits per heavy atom. The molecule has 0 saturated carbocycles. The van der Waals surface area contributed by atoms with Gasteiger partial charge in [-0.2, -0.15) is 0 Å². The predicted octanol–water partition coefficient (Wildman–Crippen LogP) is 2.91. The van der Waals surface area contributed by atoms with Crippen LogP contribution < -0.4 is 0 Å². The predicted molar refractivity (Wildman–Crippen MR) is 60.9 cm³/mol. The van der Waals surface area contributed by atoms with E-state index in [9.17, 15) is 0 Å². The lowest BCUT2D eigenvalue weighted by Gasteiger charge is -2.15. The molecule has 0 fully saturated rings. The van der Waals surface area contributed by atoms with Gasteiger partial charge >= 0.3 is 0 Å². The highest BCUT2D eigenvalue weighted by Gasteiger charge is 2.17. The van der Waals surface area contributed by atoms with Crippen molar-refractivity contribution in [2.24, 2.45) is 0 Å². The molecule has 3 nitrogen and oxygen atoms in total. The summed E-state index contributed by atoms with van der Waals surface area (Å²) in [7, 11) is 0. The molecule has 84 valence electrons. The average Bonchev–Trinajstić information content (AvgIpc) is 2.59. The molecular weight excluding hydrogens is 186 g/mol. The molecule has 3 heteroatoms. The topological polar surface area (TPSA) is 30.7 Å². The van der Waals surface area contributed by atoms with Gasteiger partial charge in [0.25, 0.3) is 0 Å². The van der Waals surface area contributed by atoms with Crippen LogP contribution in [0.3, 0.4) is 0 Å². The molecule has 1 aliphatic heterocycles. The summed E-state index contributed by atoms with van der Waals surface area (Å²) < 4.78 is 2.37. The van der Waals surface area contributed by atoms with E-state index in [0.29, 0.717) is 5.92 Å². The number of aromatic nitrogens is 3. The van der Waals surface area contributed by atoms with Crippen LogP contribution in [0.2, 0.25) is 0 Å². The average molecular weight is 207 g/mol. The van der Waals surface area contributed by atoms with Crippen molar-refractivity contribution in [3.8, 4) is 0 Å². The minimum atomic E-state index is 0.547. The van der Waals surface area contributed by atoms with E-state index in [1.807, 2.05) is 0 Å². The molecule has 0 N–H and O–H groups in total. The summed E-state index contributed by atoms with van der Waals surface area (Å²) in [6, 6.07) is 0. The summed E-state index contributed by atoms with van der Waals surface area (Å²) in [5.74, 6) is 2.96. The van der Waals surface area contributed by atoms with E-state index < -0.39 is 0 Å². The van der Waals surface area contributed by atoms with Gasteiger partial charge in [-0.05, 0) is 19.3 Å². The number of hydrogen-bond donors (Lipinski definition) is 0. The number of nitrogens with zero attached hydrogens (tertiary/aromatic N) is 3. The summed E-state index contributed by atoms with van der Waals surface area (Å²) in [5, 5.41) is 8.71. The molecule has 1 atom stereocenters. The van der Waals surface area contributed by atoms with Gasteiger partial charge in [-0.1, -0.05) is 26.7 Å². The van der Waals surface area contributed by atoms with Gasteiger partial charge in [0.2, 0.25) is 0 Å². The Hall–Kier alpha value is -0.860. The van der Waals surface area contributed by atoms with Gasteiger partial charge in [-0.3, -0.25) is 0 Å². The molecule has 1 aliphatic rings. The van der Waals surface area contributed by atoms with Gasteiger partial charge in [0.15, 0.2) is 0 Å². The Kier molecular flexibility index (Phi) is 3.39. The molecule has 2 heterocycles. The Morgan fingerprint density at radius 2 is 2.00 bits per heavy atom. The lowest BCUT2D eigenvalue weighted by molar-refractivity contribution is 0.491. The van der Waals surface area contributed by atoms with Crippen molar-refractivity contribution < 1.29 is 0 Å². The van der Waals surface area contributed by atoms with Gasteiger partial charge < -0.3 is 4.57 Å². The van der Waals surface area contributed by atoms with Gasteiger partial charge in [0.1, 0.15) is 11.6 Å². The fourth-order valence-electron chi connectivity index (χ4n) is 2.23. The first-order chi connectivity index (χ1) is 7.33. The van der Waals surface area contributed by atoms with E-state index in [2.05, 4.69) is 28.6 Å². The van der Waals surface area contributed by atoms with Crippen molar-refractivity contribution >= 4 is 0 Å². The maximum absolute atomic E-state index is 4.36. The monoisotopic (exact) mass is 207 g/mol. The standard InChI is InChI=1S/C12H21N3/c1-3-10(2)12-14-13-11-8-6-4-5-7-9-15(11)12/h10H,3-9H2,1-2H3. The van der Waals surface area contributed by atoms with E-state index in [4.69, 9.17) is 0 Å². The summed E-state index contributed by atoms with van der Waals surface area (Å²) >= 11 is 0. The Morgan fingerprint density at radius 1 is 1.20 bits per heavy atom. The summed E-state index contributed by atoms with van der Waals surface area (Å²) in [6.45, 7) is 5.59. The molecule has 1 unspecified atom stereocenters. The highest BCUT2D eigenvalue weighted by Crippen LogP contribution is 2.21. The van der Waals surface area contributed by atoms with Crippen molar-refractivity contribution in [1.29, 1.82) is 0 Å². The Balaban J connectivity index is 2.25. The summed E-state index contributed by atoms with van der Waals surface area (Å²) in [5.41, 5.74) is 0. The molecule has 15 heavy (non-hydrogen) atoms. The van der Waals surface area contributed by atoms with Crippen molar-refractivity contribution in [2.75, 3.05) is 0 Å². The largest absolute Gasteiger partial charge is 0.315 e. The van der Waals surface area contributed by atoms with Crippen LogP contribution in [-0.4, -0.2) is 14.8 Å². The Labute approximate surface area is 91.9 Å². The van der Waals surface area contributed by atoms with Crippen LogP contribution in [0.1, 0.15) is 63.5 Å². The lowest BCUT2D eigenvalue weighted by Crippen LogP contribution is -2.12. The fourth-order valence-corrected chi connectivity index (χ4v) is 2.23. The molecule has 0 bridgehead atoms. The van der Waals surface area contributed by atoms with Crippen molar-refractivity contribution in [3.05, 3.63) is 11.6 Å². The van der Waals surface area contributed by atoms with Crippen LogP contribution >= 0.6 is 0 Å². The van der Waals surface area contributed by atoms with Crippen molar-refractivity contribution in [3.63, 3.8) is 0 Å². The lowest BCUT2D eigenvalue weighted by atomic mass is 10.1. The van der Waals surface area contributed by atoms with Crippen LogP contribution in [0.15, 0.2) is 0 Å². The maximum Gasteiger partial charge on any atom is 0.135 e. The molecule has 0 aromatic carbocycles. The van der Waals surface area contributed by atoms with Gasteiger partial charge in [0.05, 0.1) is 0 Å². The molecule has 0 amide bonds. The molecule has 2 rings (SSSR count). The van der Waals surface area contributed by atoms with Crippen LogP contribution in [0.4, 0.5) is 0 Å². The maximum atomic E-state index is 4.36. The van der Waals surface area contributed by atoms with Gasteiger partial charge in [0, 0.05) is 18.9 Å². The quantitative estimate of drug-likeness (QED) is 0.746. The van der Waals surface area contributed by atoms with E-state index in [0.717, 1.165) is 19.4 Å². The summed E-state index contributed by atoms with van der Waals surface area (Å²) in [6.07, 6.45) is 7.54.